The largest absolute Gasteiger partial charge is 0.328 e. The van der Waals surface area contributed by atoms with Gasteiger partial charge in [0.25, 0.3) is 0 Å². The van der Waals surface area contributed by atoms with Crippen molar-refractivity contribution in [2.24, 2.45) is 5.73 Å². The topological polar surface area (TPSA) is 54.7 Å². The number of nitrogens with one attached hydrogen (secondary N) is 1. The van der Waals surface area contributed by atoms with Gasteiger partial charge in [0.05, 0.1) is 6.20 Å². The predicted octanol–water partition coefficient (Wildman–Crippen LogP) is 1.57. The molecule has 1 heterocycles. The van der Waals surface area contributed by atoms with Gasteiger partial charge in [-0.05, 0) is 31.2 Å². The van der Waals surface area contributed by atoms with Crippen LogP contribution in [-0.2, 0) is 6.42 Å². The van der Waals surface area contributed by atoms with Crippen molar-refractivity contribution in [3.63, 3.8) is 0 Å². The highest BCUT2D eigenvalue weighted by atomic mass is 15.1. The number of aromatic nitrogens is 2. The molecule has 0 aliphatic heterocycles. The molecule has 0 radical (unpaired) electrons. The number of H-pyrrole nitrogens is 1. The van der Waals surface area contributed by atoms with Gasteiger partial charge in [0.15, 0.2) is 0 Å². The Morgan fingerprint density at radius 1 is 1.69 bits per heavy atom. The van der Waals surface area contributed by atoms with Crippen molar-refractivity contribution in [3.8, 4) is 0 Å². The van der Waals surface area contributed by atoms with Crippen LogP contribution in [0.25, 0.3) is 0 Å². The van der Waals surface area contributed by atoms with E-state index in [1.165, 1.54) is 30.5 Å². The monoisotopic (exact) mass is 179 g/mol. The van der Waals surface area contributed by atoms with E-state index in [0.29, 0.717) is 0 Å². The van der Waals surface area contributed by atoms with Gasteiger partial charge < -0.3 is 5.73 Å². The number of nitrogens with zero attached hydrogens (tertiary/aromatic N) is 1. The van der Waals surface area contributed by atoms with Crippen molar-refractivity contribution >= 4 is 0 Å². The smallest absolute Gasteiger partial charge is 0.0524 e. The molecule has 1 atom stereocenters. The summed E-state index contributed by atoms with van der Waals surface area (Å²) >= 11 is 0. The van der Waals surface area contributed by atoms with E-state index in [1.54, 1.807) is 0 Å². The zero-order valence-corrected chi connectivity index (χ0v) is 8.09. The Bertz CT molecular complexity index is 273. The lowest BCUT2D eigenvalue weighted by Gasteiger charge is -2.25. The maximum atomic E-state index is 5.76. The fourth-order valence-electron chi connectivity index (χ4n) is 1.88. The molecule has 1 aliphatic carbocycles. The molecule has 1 unspecified atom stereocenters. The number of hydrogen-bond donors (Lipinski definition) is 2. The Kier molecular flexibility index (Phi) is 2.36. The van der Waals surface area contributed by atoms with E-state index >= 15 is 0 Å². The van der Waals surface area contributed by atoms with Crippen LogP contribution in [0.1, 0.15) is 43.4 Å². The van der Waals surface area contributed by atoms with Gasteiger partial charge in [0.1, 0.15) is 0 Å². The maximum Gasteiger partial charge on any atom is 0.0524 e. The lowest BCUT2D eigenvalue weighted by Crippen LogP contribution is -2.20. The Morgan fingerprint density at radius 2 is 2.46 bits per heavy atom. The summed E-state index contributed by atoms with van der Waals surface area (Å²) in [6.07, 6.45) is 6.91. The van der Waals surface area contributed by atoms with Crippen LogP contribution in [0.15, 0.2) is 6.20 Å². The highest BCUT2D eigenvalue weighted by molar-refractivity contribution is 5.23. The van der Waals surface area contributed by atoms with E-state index in [-0.39, 0.29) is 6.04 Å². The third-order valence-corrected chi connectivity index (χ3v) is 2.82. The highest BCUT2D eigenvalue weighted by Gasteiger charge is 2.23. The molecule has 1 fully saturated rings. The first-order valence-electron chi connectivity index (χ1n) is 5.05. The first-order valence-corrected chi connectivity index (χ1v) is 5.05. The SMILES string of the molecule is CC(N)Cc1[nH]ncc1C1CCC1. The molecule has 13 heavy (non-hydrogen) atoms. The summed E-state index contributed by atoms with van der Waals surface area (Å²) in [4.78, 5) is 0. The van der Waals surface area contributed by atoms with Gasteiger partial charge in [-0.25, -0.2) is 0 Å². The Morgan fingerprint density at radius 3 is 3.00 bits per heavy atom. The summed E-state index contributed by atoms with van der Waals surface area (Å²) in [5.41, 5.74) is 8.42. The first-order chi connectivity index (χ1) is 6.27. The summed E-state index contributed by atoms with van der Waals surface area (Å²) in [5, 5.41) is 7.15. The average molecular weight is 179 g/mol. The molecule has 2 rings (SSSR count). The van der Waals surface area contributed by atoms with Crippen LogP contribution in [0.2, 0.25) is 0 Å². The number of aromatic amines is 1. The molecule has 0 aromatic carbocycles. The second-order valence-corrected chi connectivity index (χ2v) is 4.11. The number of rotatable bonds is 3. The summed E-state index contributed by atoms with van der Waals surface area (Å²) in [5.74, 6) is 0.757. The quantitative estimate of drug-likeness (QED) is 0.740. The van der Waals surface area contributed by atoms with E-state index in [0.717, 1.165) is 12.3 Å². The lowest BCUT2D eigenvalue weighted by atomic mass is 9.79. The van der Waals surface area contributed by atoms with E-state index in [9.17, 15) is 0 Å². The van der Waals surface area contributed by atoms with Gasteiger partial charge >= 0.3 is 0 Å². The molecule has 1 saturated carbocycles. The summed E-state index contributed by atoms with van der Waals surface area (Å²) in [6.45, 7) is 2.03. The zero-order valence-electron chi connectivity index (χ0n) is 8.09. The summed E-state index contributed by atoms with van der Waals surface area (Å²) in [6, 6.07) is 0.222. The number of nitrogens with two attached hydrogens (primary N) is 1. The highest BCUT2D eigenvalue weighted by Crippen LogP contribution is 2.37. The van der Waals surface area contributed by atoms with Crippen LogP contribution in [0, 0.1) is 0 Å². The normalized spacial score (nSPS) is 19.8. The van der Waals surface area contributed by atoms with E-state index < -0.39 is 0 Å². The molecule has 0 spiro atoms. The second-order valence-electron chi connectivity index (χ2n) is 4.11. The maximum absolute atomic E-state index is 5.76. The third-order valence-electron chi connectivity index (χ3n) is 2.82. The van der Waals surface area contributed by atoms with Crippen molar-refractivity contribution in [1.82, 2.24) is 10.2 Å². The fourth-order valence-corrected chi connectivity index (χ4v) is 1.88. The predicted molar refractivity (Wildman–Crippen MR) is 52.5 cm³/mol. The fraction of sp³-hybridized carbons (Fsp3) is 0.700. The molecule has 1 aromatic rings. The molecular formula is C10H17N3. The average Bonchev–Trinajstić information content (AvgIpc) is 2.32. The molecule has 0 amide bonds. The van der Waals surface area contributed by atoms with Crippen molar-refractivity contribution in [2.75, 3.05) is 0 Å². The molecule has 0 saturated heterocycles. The Balaban J connectivity index is 2.10. The van der Waals surface area contributed by atoms with Crippen LogP contribution in [0.4, 0.5) is 0 Å². The minimum atomic E-state index is 0.222. The van der Waals surface area contributed by atoms with Gasteiger partial charge in [-0.2, -0.15) is 5.10 Å². The molecule has 1 aliphatic rings. The summed E-state index contributed by atoms with van der Waals surface area (Å²) in [7, 11) is 0. The van der Waals surface area contributed by atoms with Crippen LogP contribution in [0.5, 0.6) is 0 Å². The van der Waals surface area contributed by atoms with Crippen LogP contribution in [0.3, 0.4) is 0 Å². The molecule has 1 aromatic heterocycles. The van der Waals surface area contributed by atoms with Crippen LogP contribution < -0.4 is 5.73 Å². The summed E-state index contributed by atoms with van der Waals surface area (Å²) < 4.78 is 0. The minimum absolute atomic E-state index is 0.222. The Hall–Kier alpha value is -0.830. The standard InChI is InChI=1S/C10H17N3/c1-7(11)5-10-9(6-12-13-10)8-3-2-4-8/h6-8H,2-5,11H2,1H3,(H,12,13). The van der Waals surface area contributed by atoms with Gasteiger partial charge in [-0.15, -0.1) is 0 Å². The number of hydrogen-bond acceptors (Lipinski definition) is 2. The molecule has 0 bridgehead atoms. The lowest BCUT2D eigenvalue weighted by molar-refractivity contribution is 0.416. The molecular weight excluding hydrogens is 162 g/mol. The zero-order chi connectivity index (χ0) is 9.26. The molecule has 3 heteroatoms. The van der Waals surface area contributed by atoms with Crippen molar-refractivity contribution < 1.29 is 0 Å². The third kappa shape index (κ3) is 1.75. The van der Waals surface area contributed by atoms with Crippen LogP contribution >= 0.6 is 0 Å². The van der Waals surface area contributed by atoms with Crippen molar-refractivity contribution in [3.05, 3.63) is 17.5 Å². The van der Waals surface area contributed by atoms with Crippen molar-refractivity contribution in [2.45, 2.75) is 44.6 Å². The van der Waals surface area contributed by atoms with E-state index in [4.69, 9.17) is 5.73 Å². The first kappa shape index (κ1) is 8.75. The van der Waals surface area contributed by atoms with Gasteiger partial charge in [-0.3, -0.25) is 5.10 Å². The van der Waals surface area contributed by atoms with Gasteiger partial charge in [0.2, 0.25) is 0 Å². The van der Waals surface area contributed by atoms with E-state index in [1.807, 2.05) is 13.1 Å². The Labute approximate surface area is 78.7 Å². The van der Waals surface area contributed by atoms with E-state index in [2.05, 4.69) is 10.2 Å². The van der Waals surface area contributed by atoms with Crippen molar-refractivity contribution in [1.29, 1.82) is 0 Å². The molecule has 3 N–H and O–H groups in total. The van der Waals surface area contributed by atoms with Crippen LogP contribution in [-0.4, -0.2) is 16.2 Å². The van der Waals surface area contributed by atoms with Gasteiger partial charge in [-0.1, -0.05) is 6.42 Å². The minimum Gasteiger partial charge on any atom is -0.328 e. The molecule has 72 valence electrons. The molecule has 3 nitrogen and oxygen atoms in total. The van der Waals surface area contributed by atoms with Gasteiger partial charge in [0, 0.05) is 18.2 Å². The second kappa shape index (κ2) is 3.50.